The molecular weight excluding hydrogens is 396 g/mol. The van der Waals surface area contributed by atoms with Gasteiger partial charge in [0.05, 0.1) is 0 Å². The van der Waals surface area contributed by atoms with Crippen LogP contribution in [0.2, 0.25) is 0 Å². The first-order valence-corrected chi connectivity index (χ1v) is 9.91. The van der Waals surface area contributed by atoms with Gasteiger partial charge in [-0.3, -0.25) is 0 Å². The molecule has 0 spiro atoms. The number of allylic oxidation sites excluding steroid dienone is 2. The van der Waals surface area contributed by atoms with Crippen LogP contribution in [0.15, 0.2) is 66.8 Å². The second-order valence-electron chi connectivity index (χ2n) is 6.72. The average Bonchev–Trinajstić information content (AvgIpc) is 2.76. The second kappa shape index (κ2) is 10.3. The zero-order chi connectivity index (χ0) is 22.2. The molecule has 3 aromatic carbocycles. The molecule has 0 N–H and O–H groups in total. The van der Waals surface area contributed by atoms with Crippen molar-refractivity contribution in [3.8, 4) is 11.5 Å². The van der Waals surface area contributed by atoms with Crippen LogP contribution in [0.1, 0.15) is 19.4 Å². The van der Waals surface area contributed by atoms with Gasteiger partial charge in [-0.05, 0) is 26.8 Å². The maximum absolute atomic E-state index is 12.3. The van der Waals surface area contributed by atoms with Gasteiger partial charge >= 0.3 is 12.3 Å². The average molecular weight is 420 g/mol. The fraction of sp³-hybridized carbons (Fsp3) is 0.200. The maximum atomic E-state index is 12.3. The van der Waals surface area contributed by atoms with Crippen LogP contribution in [0.3, 0.4) is 0 Å². The Hall–Kier alpha value is -3.80. The fourth-order valence-corrected chi connectivity index (χ4v) is 3.08. The molecule has 0 saturated carbocycles. The highest BCUT2D eigenvalue weighted by molar-refractivity contribution is 6.12. The van der Waals surface area contributed by atoms with E-state index in [0.29, 0.717) is 33.0 Å². The van der Waals surface area contributed by atoms with E-state index in [0.717, 1.165) is 5.56 Å². The molecule has 0 aliphatic rings. The minimum absolute atomic E-state index is 0.115. The minimum Gasteiger partial charge on any atom is -0.430 e. The summed E-state index contributed by atoms with van der Waals surface area (Å²) < 4.78 is 21.4. The number of fused-ring (bicyclic) bond motifs is 2. The number of benzene rings is 3. The highest BCUT2D eigenvalue weighted by Gasteiger charge is 2.21. The van der Waals surface area contributed by atoms with Crippen molar-refractivity contribution >= 4 is 33.9 Å². The van der Waals surface area contributed by atoms with Crippen LogP contribution in [-0.2, 0) is 9.47 Å². The molecule has 0 aliphatic carbocycles. The lowest BCUT2D eigenvalue weighted by Gasteiger charge is -2.16. The number of hydrogen-bond donors (Lipinski definition) is 0. The van der Waals surface area contributed by atoms with E-state index in [2.05, 4.69) is 0 Å². The number of ether oxygens (including phenoxy) is 4. The number of carbonyl (C=O) groups is 2. The van der Waals surface area contributed by atoms with Gasteiger partial charge in [0.25, 0.3) is 0 Å². The third kappa shape index (κ3) is 5.22. The first-order chi connectivity index (χ1) is 15.0. The lowest BCUT2D eigenvalue weighted by molar-refractivity contribution is 0.109. The topological polar surface area (TPSA) is 71.1 Å². The Kier molecular flexibility index (Phi) is 7.27. The van der Waals surface area contributed by atoms with E-state index < -0.39 is 12.3 Å². The zero-order valence-electron chi connectivity index (χ0n) is 17.7. The van der Waals surface area contributed by atoms with Gasteiger partial charge in [0.15, 0.2) is 0 Å². The Balaban J connectivity index is 2.11. The quantitative estimate of drug-likeness (QED) is 0.197. The molecule has 3 aromatic rings. The van der Waals surface area contributed by atoms with Crippen LogP contribution < -0.4 is 9.47 Å². The van der Waals surface area contributed by atoms with Gasteiger partial charge in [-0.25, -0.2) is 9.59 Å². The standard InChI is InChI=1S/C25H24O6/c1-4-6-14-28-24(26)30-22-18-10-8-9-11-19(18)23(31-25(27)29-15-7-5-2)21-16-17(3)12-13-20(21)22/h4-13,16H,14-15H2,1-3H3/b6-4+,7-5+. The Labute approximate surface area is 180 Å². The van der Waals surface area contributed by atoms with E-state index in [1.807, 2.05) is 51.1 Å². The van der Waals surface area contributed by atoms with Crippen molar-refractivity contribution in [1.29, 1.82) is 0 Å². The van der Waals surface area contributed by atoms with Gasteiger partial charge < -0.3 is 18.9 Å². The summed E-state index contributed by atoms with van der Waals surface area (Å²) in [5, 5.41) is 2.46. The van der Waals surface area contributed by atoms with Crippen molar-refractivity contribution in [2.45, 2.75) is 20.8 Å². The highest BCUT2D eigenvalue weighted by atomic mass is 16.7. The van der Waals surface area contributed by atoms with Gasteiger partial charge in [0.1, 0.15) is 24.7 Å². The Bertz CT molecular complexity index is 1160. The molecular formula is C25H24O6. The summed E-state index contributed by atoms with van der Waals surface area (Å²) in [6.07, 6.45) is 5.34. The SMILES string of the molecule is C/C=C/COC(=O)Oc1c2ccccc2c(OC(=O)OC/C=C/C)c2cc(C)ccc12. The normalized spacial score (nSPS) is 11.3. The van der Waals surface area contributed by atoms with Crippen molar-refractivity contribution in [2.75, 3.05) is 13.2 Å². The number of rotatable bonds is 6. The highest BCUT2D eigenvalue weighted by Crippen LogP contribution is 2.43. The van der Waals surface area contributed by atoms with E-state index in [1.54, 1.807) is 36.4 Å². The third-order valence-corrected chi connectivity index (χ3v) is 4.52. The minimum atomic E-state index is -0.815. The lowest BCUT2D eigenvalue weighted by Crippen LogP contribution is -2.13. The molecule has 0 unspecified atom stereocenters. The summed E-state index contributed by atoms with van der Waals surface area (Å²) in [6.45, 7) is 5.82. The summed E-state index contributed by atoms with van der Waals surface area (Å²) in [5.41, 5.74) is 0.955. The predicted molar refractivity (Wildman–Crippen MR) is 120 cm³/mol. The monoisotopic (exact) mass is 420 g/mol. The molecule has 31 heavy (non-hydrogen) atoms. The Morgan fingerprint density at radius 1 is 0.742 bits per heavy atom. The molecule has 0 atom stereocenters. The maximum Gasteiger partial charge on any atom is 0.514 e. The van der Waals surface area contributed by atoms with E-state index in [4.69, 9.17) is 18.9 Å². The molecule has 0 saturated heterocycles. The molecule has 0 aromatic heterocycles. The Morgan fingerprint density at radius 2 is 1.23 bits per heavy atom. The van der Waals surface area contributed by atoms with Crippen LogP contribution in [0.5, 0.6) is 11.5 Å². The van der Waals surface area contributed by atoms with Gasteiger partial charge in [-0.2, -0.15) is 0 Å². The van der Waals surface area contributed by atoms with Crippen molar-refractivity contribution in [3.63, 3.8) is 0 Å². The van der Waals surface area contributed by atoms with Gasteiger partial charge in [-0.15, -0.1) is 0 Å². The largest absolute Gasteiger partial charge is 0.514 e. The molecule has 0 heterocycles. The fourth-order valence-electron chi connectivity index (χ4n) is 3.08. The smallest absolute Gasteiger partial charge is 0.430 e. The Morgan fingerprint density at radius 3 is 1.74 bits per heavy atom. The van der Waals surface area contributed by atoms with E-state index >= 15 is 0 Å². The summed E-state index contributed by atoms with van der Waals surface area (Å²) >= 11 is 0. The molecule has 3 rings (SSSR count). The first-order valence-electron chi connectivity index (χ1n) is 9.91. The molecule has 6 nitrogen and oxygen atoms in total. The van der Waals surface area contributed by atoms with Gasteiger partial charge in [0.2, 0.25) is 0 Å². The van der Waals surface area contributed by atoms with Crippen LogP contribution in [0.25, 0.3) is 21.5 Å². The summed E-state index contributed by atoms with van der Waals surface area (Å²) in [7, 11) is 0. The van der Waals surface area contributed by atoms with Crippen molar-refractivity contribution in [3.05, 3.63) is 72.3 Å². The number of hydrogen-bond acceptors (Lipinski definition) is 6. The molecule has 160 valence electrons. The van der Waals surface area contributed by atoms with Crippen LogP contribution >= 0.6 is 0 Å². The first kappa shape index (κ1) is 21.9. The van der Waals surface area contributed by atoms with Crippen molar-refractivity contribution in [1.82, 2.24) is 0 Å². The van der Waals surface area contributed by atoms with E-state index in [9.17, 15) is 9.59 Å². The van der Waals surface area contributed by atoms with E-state index in [1.165, 1.54) is 0 Å². The molecule has 0 bridgehead atoms. The van der Waals surface area contributed by atoms with Gasteiger partial charge in [-0.1, -0.05) is 66.3 Å². The van der Waals surface area contributed by atoms with Gasteiger partial charge in [0, 0.05) is 21.5 Å². The summed E-state index contributed by atoms with van der Waals surface area (Å²) in [4.78, 5) is 24.5. The van der Waals surface area contributed by atoms with Crippen LogP contribution in [-0.4, -0.2) is 25.5 Å². The summed E-state index contributed by atoms with van der Waals surface area (Å²) in [6, 6.07) is 12.8. The molecule has 0 amide bonds. The lowest BCUT2D eigenvalue weighted by atomic mass is 9.99. The third-order valence-electron chi connectivity index (χ3n) is 4.52. The molecule has 0 aliphatic heterocycles. The molecule has 0 fully saturated rings. The predicted octanol–water partition coefficient (Wildman–Crippen LogP) is 6.48. The van der Waals surface area contributed by atoms with E-state index in [-0.39, 0.29) is 13.2 Å². The van der Waals surface area contributed by atoms with Crippen LogP contribution in [0, 0.1) is 6.92 Å². The van der Waals surface area contributed by atoms with Crippen molar-refractivity contribution < 1.29 is 28.5 Å². The molecule has 0 radical (unpaired) electrons. The summed E-state index contributed by atoms with van der Waals surface area (Å²) in [5.74, 6) is 0.681. The zero-order valence-corrected chi connectivity index (χ0v) is 17.7. The van der Waals surface area contributed by atoms with Crippen LogP contribution in [0.4, 0.5) is 9.59 Å². The number of carbonyl (C=O) groups excluding carboxylic acids is 2. The van der Waals surface area contributed by atoms with Crippen molar-refractivity contribution in [2.24, 2.45) is 0 Å². The molecule has 6 heteroatoms. The second-order valence-corrected chi connectivity index (χ2v) is 6.72. The number of aryl methyl sites for hydroxylation is 1.